The minimum Gasteiger partial charge on any atom is -0.378 e. The van der Waals surface area contributed by atoms with E-state index in [1.165, 1.54) is 19.3 Å². The maximum Gasteiger partial charge on any atom is 0.267 e. The van der Waals surface area contributed by atoms with E-state index in [9.17, 15) is 4.79 Å². The highest BCUT2D eigenvalue weighted by Crippen LogP contribution is 2.16. The van der Waals surface area contributed by atoms with E-state index >= 15 is 0 Å². The summed E-state index contributed by atoms with van der Waals surface area (Å²) in [6.07, 6.45) is 7.84. The molecule has 1 aliphatic heterocycles. The Balaban J connectivity index is 1.58. The van der Waals surface area contributed by atoms with Crippen LogP contribution in [0, 0.1) is 0 Å². The molecule has 1 saturated heterocycles. The van der Waals surface area contributed by atoms with Crippen LogP contribution in [0.15, 0.2) is 18.3 Å². The Hall–Kier alpha value is -1.29. The van der Waals surface area contributed by atoms with Crippen LogP contribution in [0.5, 0.6) is 0 Å². The molecule has 0 radical (unpaired) electrons. The van der Waals surface area contributed by atoms with Crippen molar-refractivity contribution in [2.75, 3.05) is 13.2 Å². The lowest BCUT2D eigenvalue weighted by Gasteiger charge is -2.22. The van der Waals surface area contributed by atoms with Crippen molar-refractivity contribution in [2.45, 2.75) is 38.2 Å². The first-order valence-corrected chi connectivity index (χ1v) is 6.39. The van der Waals surface area contributed by atoms with Gasteiger partial charge in [0.1, 0.15) is 5.69 Å². The van der Waals surface area contributed by atoms with Crippen LogP contribution in [-0.2, 0) is 4.74 Å². The Labute approximate surface area is 102 Å². The second-order valence-corrected chi connectivity index (χ2v) is 4.47. The van der Waals surface area contributed by atoms with Crippen molar-refractivity contribution >= 4 is 5.91 Å². The Morgan fingerprint density at radius 1 is 1.53 bits per heavy atom. The summed E-state index contributed by atoms with van der Waals surface area (Å²) in [5.41, 5.74) is 0.624. The van der Waals surface area contributed by atoms with Gasteiger partial charge in [-0.25, -0.2) is 0 Å². The van der Waals surface area contributed by atoms with E-state index in [0.29, 0.717) is 11.8 Å². The standard InChI is InChI=1S/C13H20N2O2/c16-13(12-7-4-8-14-12)15-9-3-6-11-5-1-2-10-17-11/h4,7-8,11,14H,1-3,5-6,9-10H2,(H,15,16). The molecular weight excluding hydrogens is 216 g/mol. The highest BCUT2D eigenvalue weighted by Gasteiger charge is 2.13. The molecular formula is C13H20N2O2. The van der Waals surface area contributed by atoms with Crippen molar-refractivity contribution in [3.8, 4) is 0 Å². The zero-order valence-electron chi connectivity index (χ0n) is 10.1. The minimum atomic E-state index is -0.0282. The van der Waals surface area contributed by atoms with Gasteiger partial charge in [-0.15, -0.1) is 0 Å². The molecule has 1 aromatic rings. The van der Waals surface area contributed by atoms with Crippen LogP contribution >= 0.6 is 0 Å². The third kappa shape index (κ3) is 3.89. The molecule has 1 aliphatic rings. The number of rotatable bonds is 5. The SMILES string of the molecule is O=C(NCCCC1CCCCO1)c1ccc[nH]1. The van der Waals surface area contributed by atoms with Crippen molar-refractivity contribution < 1.29 is 9.53 Å². The van der Waals surface area contributed by atoms with Gasteiger partial charge in [0.2, 0.25) is 0 Å². The van der Waals surface area contributed by atoms with E-state index in [0.717, 1.165) is 26.0 Å². The fourth-order valence-corrected chi connectivity index (χ4v) is 2.13. The zero-order chi connectivity index (χ0) is 11.9. The predicted molar refractivity (Wildman–Crippen MR) is 66.0 cm³/mol. The largest absolute Gasteiger partial charge is 0.378 e. The number of hydrogen-bond acceptors (Lipinski definition) is 2. The van der Waals surface area contributed by atoms with Gasteiger partial charge in [0.05, 0.1) is 6.10 Å². The quantitative estimate of drug-likeness (QED) is 0.769. The maximum atomic E-state index is 11.6. The number of nitrogens with one attached hydrogen (secondary N) is 2. The summed E-state index contributed by atoms with van der Waals surface area (Å²) in [5, 5.41) is 2.90. The van der Waals surface area contributed by atoms with Crippen molar-refractivity contribution in [3.05, 3.63) is 24.0 Å². The van der Waals surface area contributed by atoms with E-state index in [4.69, 9.17) is 4.74 Å². The smallest absolute Gasteiger partial charge is 0.267 e. The molecule has 4 nitrogen and oxygen atoms in total. The Morgan fingerprint density at radius 3 is 3.18 bits per heavy atom. The highest BCUT2D eigenvalue weighted by molar-refractivity contribution is 5.92. The zero-order valence-corrected chi connectivity index (χ0v) is 10.1. The summed E-state index contributed by atoms with van der Waals surface area (Å²) in [5.74, 6) is -0.0282. The molecule has 2 heterocycles. The lowest BCUT2D eigenvalue weighted by molar-refractivity contribution is 0.0102. The minimum absolute atomic E-state index is 0.0282. The van der Waals surface area contributed by atoms with E-state index in [-0.39, 0.29) is 5.91 Å². The van der Waals surface area contributed by atoms with Crippen LogP contribution in [0.4, 0.5) is 0 Å². The van der Waals surface area contributed by atoms with Gasteiger partial charge in [-0.05, 0) is 44.2 Å². The van der Waals surface area contributed by atoms with Gasteiger partial charge in [0.15, 0.2) is 0 Å². The number of ether oxygens (including phenoxy) is 1. The highest BCUT2D eigenvalue weighted by atomic mass is 16.5. The summed E-state index contributed by atoms with van der Waals surface area (Å²) in [6.45, 7) is 1.62. The normalized spacial score (nSPS) is 20.1. The topological polar surface area (TPSA) is 54.1 Å². The number of aromatic amines is 1. The fourth-order valence-electron chi connectivity index (χ4n) is 2.13. The molecule has 4 heteroatoms. The summed E-state index contributed by atoms with van der Waals surface area (Å²) in [6, 6.07) is 3.60. The van der Waals surface area contributed by atoms with Crippen LogP contribution < -0.4 is 5.32 Å². The van der Waals surface area contributed by atoms with Crippen molar-refractivity contribution in [3.63, 3.8) is 0 Å². The third-order valence-electron chi connectivity index (χ3n) is 3.11. The maximum absolute atomic E-state index is 11.6. The first kappa shape index (κ1) is 12.2. The number of hydrogen-bond donors (Lipinski definition) is 2. The molecule has 1 amide bonds. The molecule has 1 fully saturated rings. The molecule has 0 bridgehead atoms. The van der Waals surface area contributed by atoms with Crippen LogP contribution in [0.3, 0.4) is 0 Å². The van der Waals surface area contributed by atoms with Crippen molar-refractivity contribution in [1.82, 2.24) is 10.3 Å². The van der Waals surface area contributed by atoms with Crippen molar-refractivity contribution in [1.29, 1.82) is 0 Å². The summed E-state index contributed by atoms with van der Waals surface area (Å²) in [7, 11) is 0. The van der Waals surface area contributed by atoms with Crippen LogP contribution in [0.2, 0.25) is 0 Å². The molecule has 1 unspecified atom stereocenters. The van der Waals surface area contributed by atoms with Crippen LogP contribution in [-0.4, -0.2) is 30.1 Å². The summed E-state index contributed by atoms with van der Waals surface area (Å²) >= 11 is 0. The van der Waals surface area contributed by atoms with Gasteiger partial charge >= 0.3 is 0 Å². The predicted octanol–water partition coefficient (Wildman–Crippen LogP) is 2.09. The van der Waals surface area contributed by atoms with Crippen molar-refractivity contribution in [2.24, 2.45) is 0 Å². The molecule has 0 spiro atoms. The molecule has 2 rings (SSSR count). The molecule has 17 heavy (non-hydrogen) atoms. The van der Waals surface area contributed by atoms with E-state index in [2.05, 4.69) is 10.3 Å². The number of carbonyl (C=O) groups is 1. The van der Waals surface area contributed by atoms with E-state index < -0.39 is 0 Å². The second kappa shape index (κ2) is 6.45. The molecule has 0 saturated carbocycles. The number of aromatic nitrogens is 1. The van der Waals surface area contributed by atoms with E-state index in [1.54, 1.807) is 12.3 Å². The molecule has 2 N–H and O–H groups in total. The average Bonchev–Trinajstić information content (AvgIpc) is 2.89. The van der Waals surface area contributed by atoms with Crippen LogP contribution in [0.1, 0.15) is 42.6 Å². The van der Waals surface area contributed by atoms with Gasteiger partial charge in [-0.2, -0.15) is 0 Å². The number of carbonyl (C=O) groups excluding carboxylic acids is 1. The average molecular weight is 236 g/mol. The first-order chi connectivity index (χ1) is 8.36. The van der Waals surface area contributed by atoms with Gasteiger partial charge < -0.3 is 15.0 Å². The molecule has 1 aromatic heterocycles. The van der Waals surface area contributed by atoms with Gasteiger partial charge in [0, 0.05) is 19.3 Å². The second-order valence-electron chi connectivity index (χ2n) is 4.47. The molecule has 1 atom stereocenters. The lowest BCUT2D eigenvalue weighted by Crippen LogP contribution is -2.26. The third-order valence-corrected chi connectivity index (χ3v) is 3.11. The first-order valence-electron chi connectivity index (χ1n) is 6.39. The summed E-state index contributed by atoms with van der Waals surface area (Å²) < 4.78 is 5.64. The fraction of sp³-hybridized carbons (Fsp3) is 0.615. The lowest BCUT2D eigenvalue weighted by atomic mass is 10.0. The van der Waals surface area contributed by atoms with Gasteiger partial charge in [-0.3, -0.25) is 4.79 Å². The van der Waals surface area contributed by atoms with Gasteiger partial charge in [0.25, 0.3) is 5.91 Å². The van der Waals surface area contributed by atoms with Gasteiger partial charge in [-0.1, -0.05) is 0 Å². The molecule has 94 valence electrons. The van der Waals surface area contributed by atoms with Crippen LogP contribution in [0.25, 0.3) is 0 Å². The molecule has 0 aliphatic carbocycles. The summed E-state index contributed by atoms with van der Waals surface area (Å²) in [4.78, 5) is 14.5. The number of amides is 1. The molecule has 0 aromatic carbocycles. The van der Waals surface area contributed by atoms with E-state index in [1.807, 2.05) is 6.07 Å². The number of H-pyrrole nitrogens is 1. The Morgan fingerprint density at radius 2 is 2.47 bits per heavy atom. The Kier molecular flexibility index (Phi) is 4.62. The monoisotopic (exact) mass is 236 g/mol. The Bertz CT molecular complexity index is 329.